The summed E-state index contributed by atoms with van der Waals surface area (Å²) in [7, 11) is 1.59. The largest absolute Gasteiger partial charge is 0.341 e. The molecule has 7 nitrogen and oxygen atoms in total. The molecular formula is C19H18N6O. The third kappa shape index (κ3) is 3.44. The average molecular weight is 346 g/mol. The molecule has 0 spiro atoms. The number of carbonyl (C=O) groups is 1. The fraction of sp³-hybridized carbons (Fsp3) is 0.211. The van der Waals surface area contributed by atoms with Crippen LogP contribution < -0.4 is 0 Å². The highest BCUT2D eigenvalue weighted by atomic mass is 16.2. The van der Waals surface area contributed by atoms with Crippen LogP contribution in [-0.4, -0.2) is 44.3 Å². The molecule has 3 heterocycles. The van der Waals surface area contributed by atoms with Crippen molar-refractivity contribution >= 4 is 5.91 Å². The number of rotatable bonds is 4. The first-order chi connectivity index (χ1) is 12.5. The van der Waals surface area contributed by atoms with Crippen LogP contribution in [-0.2, 0) is 0 Å². The van der Waals surface area contributed by atoms with Crippen molar-refractivity contribution in [2.24, 2.45) is 0 Å². The number of pyridine rings is 2. The van der Waals surface area contributed by atoms with E-state index in [4.69, 9.17) is 5.26 Å². The molecule has 3 aromatic rings. The zero-order valence-corrected chi connectivity index (χ0v) is 14.8. The molecule has 0 aliphatic carbocycles. The number of imidazole rings is 1. The Morgan fingerprint density at radius 2 is 2.08 bits per heavy atom. The van der Waals surface area contributed by atoms with Gasteiger partial charge in [-0.25, -0.2) is 4.98 Å². The Labute approximate surface area is 151 Å². The molecule has 0 aliphatic rings. The molecule has 0 bridgehead atoms. The maximum absolute atomic E-state index is 12.4. The molecular weight excluding hydrogens is 328 g/mol. The quantitative estimate of drug-likeness (QED) is 0.732. The molecule has 26 heavy (non-hydrogen) atoms. The summed E-state index contributed by atoms with van der Waals surface area (Å²) in [6.45, 7) is 3.93. The first-order valence-electron chi connectivity index (χ1n) is 8.07. The maximum Gasteiger partial charge on any atom is 0.256 e. The standard InChI is InChI=1S/C19H18N6O/c1-12-13(2)24-18(23-12)17-9-14(4-6-22-17)15-8-16(11-21-10-15)19(26)25(3)7-5-20/h4,6,8-11H,7H2,1-3H3,(H,23,24). The van der Waals surface area contributed by atoms with Crippen molar-refractivity contribution in [3.8, 4) is 28.7 Å². The summed E-state index contributed by atoms with van der Waals surface area (Å²) in [5, 5.41) is 8.75. The lowest BCUT2D eigenvalue weighted by molar-refractivity contribution is 0.0811. The topological polar surface area (TPSA) is 98.6 Å². The summed E-state index contributed by atoms with van der Waals surface area (Å²) in [6, 6.07) is 7.49. The molecule has 0 saturated heterocycles. The number of hydrogen-bond donors (Lipinski definition) is 1. The highest BCUT2D eigenvalue weighted by Gasteiger charge is 2.13. The van der Waals surface area contributed by atoms with E-state index in [-0.39, 0.29) is 12.5 Å². The van der Waals surface area contributed by atoms with Gasteiger partial charge in [0.25, 0.3) is 5.91 Å². The van der Waals surface area contributed by atoms with Gasteiger partial charge in [-0.15, -0.1) is 0 Å². The van der Waals surface area contributed by atoms with Gasteiger partial charge < -0.3 is 9.88 Å². The van der Waals surface area contributed by atoms with Crippen LogP contribution in [0, 0.1) is 25.2 Å². The highest BCUT2D eigenvalue weighted by molar-refractivity contribution is 5.95. The van der Waals surface area contributed by atoms with Crippen LogP contribution in [0.4, 0.5) is 0 Å². The second kappa shape index (κ2) is 7.15. The lowest BCUT2D eigenvalue weighted by Crippen LogP contribution is -2.27. The molecule has 0 aromatic carbocycles. The number of nitrogens with zero attached hydrogens (tertiary/aromatic N) is 5. The predicted octanol–water partition coefficient (Wildman–Crippen LogP) is 2.75. The monoisotopic (exact) mass is 346 g/mol. The molecule has 7 heteroatoms. The Balaban J connectivity index is 1.95. The zero-order valence-electron chi connectivity index (χ0n) is 14.8. The molecule has 1 amide bonds. The van der Waals surface area contributed by atoms with Crippen LogP contribution in [0.3, 0.4) is 0 Å². The zero-order chi connectivity index (χ0) is 18.7. The number of nitriles is 1. The molecule has 0 saturated carbocycles. The van der Waals surface area contributed by atoms with E-state index >= 15 is 0 Å². The van der Waals surface area contributed by atoms with E-state index in [1.54, 1.807) is 25.5 Å². The number of H-pyrrole nitrogens is 1. The molecule has 3 rings (SSSR count). The van der Waals surface area contributed by atoms with Crippen molar-refractivity contribution in [3.05, 3.63) is 53.7 Å². The van der Waals surface area contributed by atoms with Gasteiger partial charge in [0.1, 0.15) is 12.2 Å². The average Bonchev–Trinajstić information content (AvgIpc) is 3.00. The van der Waals surface area contributed by atoms with E-state index in [2.05, 4.69) is 19.9 Å². The summed E-state index contributed by atoms with van der Waals surface area (Å²) in [6.07, 6.45) is 4.90. The van der Waals surface area contributed by atoms with E-state index < -0.39 is 0 Å². The molecule has 0 radical (unpaired) electrons. The molecule has 130 valence electrons. The van der Waals surface area contributed by atoms with Crippen LogP contribution in [0.15, 0.2) is 36.8 Å². The molecule has 0 aliphatic heterocycles. The second-order valence-electron chi connectivity index (χ2n) is 6.01. The molecule has 3 aromatic heterocycles. The third-order valence-corrected chi connectivity index (χ3v) is 4.10. The number of nitrogens with one attached hydrogen (secondary N) is 1. The Kier molecular flexibility index (Phi) is 4.76. The van der Waals surface area contributed by atoms with E-state index in [0.717, 1.165) is 28.2 Å². The van der Waals surface area contributed by atoms with Gasteiger partial charge >= 0.3 is 0 Å². The van der Waals surface area contributed by atoms with E-state index in [1.807, 2.05) is 32.0 Å². The lowest BCUT2D eigenvalue weighted by atomic mass is 10.1. The van der Waals surface area contributed by atoms with Crippen LogP contribution in [0.2, 0.25) is 0 Å². The third-order valence-electron chi connectivity index (χ3n) is 4.10. The van der Waals surface area contributed by atoms with Crippen LogP contribution in [0.1, 0.15) is 21.7 Å². The Morgan fingerprint density at radius 3 is 2.77 bits per heavy atom. The minimum atomic E-state index is -0.243. The normalized spacial score (nSPS) is 10.4. The van der Waals surface area contributed by atoms with E-state index in [9.17, 15) is 4.79 Å². The Hall–Kier alpha value is -3.53. The summed E-state index contributed by atoms with van der Waals surface area (Å²) in [5.41, 5.74) is 4.76. The number of aromatic nitrogens is 4. The minimum absolute atomic E-state index is 0.0274. The SMILES string of the molecule is Cc1nc(-c2cc(-c3cncc(C(=O)N(C)CC#N)c3)ccn2)[nH]c1C. The van der Waals surface area contributed by atoms with Gasteiger partial charge in [0, 0.05) is 36.9 Å². The van der Waals surface area contributed by atoms with E-state index in [1.165, 1.54) is 11.1 Å². The number of carbonyl (C=O) groups excluding carboxylic acids is 1. The van der Waals surface area contributed by atoms with Crippen molar-refractivity contribution in [3.63, 3.8) is 0 Å². The number of aryl methyl sites for hydroxylation is 2. The molecule has 0 unspecified atom stereocenters. The van der Waals surface area contributed by atoms with Gasteiger partial charge in [0.05, 0.1) is 17.3 Å². The van der Waals surface area contributed by atoms with Crippen molar-refractivity contribution < 1.29 is 4.79 Å². The maximum atomic E-state index is 12.4. The summed E-state index contributed by atoms with van der Waals surface area (Å²) in [4.78, 5) is 30.0. The van der Waals surface area contributed by atoms with Gasteiger partial charge in [-0.3, -0.25) is 14.8 Å². The van der Waals surface area contributed by atoms with Crippen molar-refractivity contribution in [2.45, 2.75) is 13.8 Å². The fourth-order valence-corrected chi connectivity index (χ4v) is 2.52. The molecule has 0 atom stereocenters. The van der Waals surface area contributed by atoms with Gasteiger partial charge in [0.2, 0.25) is 0 Å². The highest BCUT2D eigenvalue weighted by Crippen LogP contribution is 2.24. The summed E-state index contributed by atoms with van der Waals surface area (Å²) in [5.74, 6) is 0.461. The second-order valence-corrected chi connectivity index (χ2v) is 6.01. The van der Waals surface area contributed by atoms with Crippen LogP contribution >= 0.6 is 0 Å². The van der Waals surface area contributed by atoms with Crippen LogP contribution in [0.25, 0.3) is 22.6 Å². The van der Waals surface area contributed by atoms with Crippen LogP contribution in [0.5, 0.6) is 0 Å². The van der Waals surface area contributed by atoms with E-state index in [0.29, 0.717) is 11.4 Å². The van der Waals surface area contributed by atoms with Crippen molar-refractivity contribution in [1.82, 2.24) is 24.8 Å². The molecule has 1 N–H and O–H groups in total. The molecule has 0 fully saturated rings. The predicted molar refractivity (Wildman–Crippen MR) is 97.1 cm³/mol. The van der Waals surface area contributed by atoms with Gasteiger partial charge in [0.15, 0.2) is 5.82 Å². The summed E-state index contributed by atoms with van der Waals surface area (Å²) >= 11 is 0. The Morgan fingerprint density at radius 1 is 1.27 bits per heavy atom. The fourth-order valence-electron chi connectivity index (χ4n) is 2.52. The van der Waals surface area contributed by atoms with Gasteiger partial charge in [-0.05, 0) is 37.6 Å². The Bertz CT molecular complexity index is 982. The van der Waals surface area contributed by atoms with Crippen molar-refractivity contribution in [2.75, 3.05) is 13.6 Å². The summed E-state index contributed by atoms with van der Waals surface area (Å²) < 4.78 is 0. The van der Waals surface area contributed by atoms with Crippen molar-refractivity contribution in [1.29, 1.82) is 5.26 Å². The first-order valence-corrected chi connectivity index (χ1v) is 8.07. The lowest BCUT2D eigenvalue weighted by Gasteiger charge is -2.13. The van der Waals surface area contributed by atoms with Gasteiger partial charge in [-0.1, -0.05) is 0 Å². The first kappa shape index (κ1) is 17.3. The smallest absolute Gasteiger partial charge is 0.256 e. The number of amides is 1. The minimum Gasteiger partial charge on any atom is -0.341 e. The number of hydrogen-bond acceptors (Lipinski definition) is 5. The van der Waals surface area contributed by atoms with Gasteiger partial charge in [-0.2, -0.15) is 5.26 Å². The number of aromatic amines is 1.